The topological polar surface area (TPSA) is 92.2 Å². The highest BCUT2D eigenvalue weighted by molar-refractivity contribution is 7.80. The van der Waals surface area contributed by atoms with Gasteiger partial charge in [0.1, 0.15) is 6.04 Å². The van der Waals surface area contributed by atoms with E-state index in [1.54, 1.807) is 18.6 Å². The number of hydrogen-bond acceptors (Lipinski definition) is 5. The van der Waals surface area contributed by atoms with Gasteiger partial charge in [0.05, 0.1) is 17.8 Å². The number of nitrogens with zero attached hydrogens (tertiary/aromatic N) is 2. The molecule has 3 aromatic rings. The van der Waals surface area contributed by atoms with E-state index in [0.29, 0.717) is 12.2 Å². The number of rotatable bonds is 9. The molecule has 0 aliphatic heterocycles. The third-order valence-electron chi connectivity index (χ3n) is 4.78. The fourth-order valence-electron chi connectivity index (χ4n) is 3.12. The monoisotopic (exact) mass is 421 g/mol. The minimum atomic E-state index is -1.07. The number of carbonyl (C=O) groups is 2. The summed E-state index contributed by atoms with van der Waals surface area (Å²) in [5.41, 5.74) is 3.45. The van der Waals surface area contributed by atoms with E-state index in [2.05, 4.69) is 27.9 Å². The van der Waals surface area contributed by atoms with Crippen molar-refractivity contribution in [2.75, 3.05) is 5.75 Å². The number of carboxylic acids is 1. The lowest BCUT2D eigenvalue weighted by atomic mass is 9.98. The summed E-state index contributed by atoms with van der Waals surface area (Å²) in [5, 5.41) is 12.3. The summed E-state index contributed by atoms with van der Waals surface area (Å²) in [6, 6.07) is 16.0. The van der Waals surface area contributed by atoms with Crippen molar-refractivity contribution in [1.82, 2.24) is 15.3 Å². The highest BCUT2D eigenvalue weighted by Crippen LogP contribution is 2.17. The zero-order valence-corrected chi connectivity index (χ0v) is 17.2. The van der Waals surface area contributed by atoms with Crippen molar-refractivity contribution in [3.63, 3.8) is 0 Å². The summed E-state index contributed by atoms with van der Waals surface area (Å²) >= 11 is 4.29. The van der Waals surface area contributed by atoms with Gasteiger partial charge < -0.3 is 10.4 Å². The summed E-state index contributed by atoms with van der Waals surface area (Å²) in [5.74, 6) is -1.45. The highest BCUT2D eigenvalue weighted by atomic mass is 32.1. The van der Waals surface area contributed by atoms with Crippen LogP contribution < -0.4 is 5.32 Å². The first-order valence-corrected chi connectivity index (χ1v) is 10.2. The first-order valence-electron chi connectivity index (χ1n) is 9.60. The zero-order valence-electron chi connectivity index (χ0n) is 16.3. The molecule has 0 aliphatic rings. The second kappa shape index (κ2) is 10.5. The number of aromatic nitrogens is 2. The van der Waals surface area contributed by atoms with Crippen LogP contribution >= 0.6 is 12.6 Å². The molecule has 154 valence electrons. The smallest absolute Gasteiger partial charge is 0.326 e. The predicted molar refractivity (Wildman–Crippen MR) is 118 cm³/mol. The van der Waals surface area contributed by atoms with Gasteiger partial charge in [-0.05, 0) is 17.5 Å². The van der Waals surface area contributed by atoms with Crippen LogP contribution in [0, 0.1) is 5.92 Å². The Labute approximate surface area is 180 Å². The van der Waals surface area contributed by atoms with Gasteiger partial charge in [-0.3, -0.25) is 14.8 Å². The molecule has 0 bridgehead atoms. The van der Waals surface area contributed by atoms with E-state index in [4.69, 9.17) is 0 Å². The van der Waals surface area contributed by atoms with Gasteiger partial charge >= 0.3 is 5.97 Å². The molecule has 6 nitrogen and oxygen atoms in total. The maximum absolute atomic E-state index is 12.7. The van der Waals surface area contributed by atoms with Crippen molar-refractivity contribution in [3.05, 3.63) is 84.3 Å². The Balaban J connectivity index is 1.65. The first kappa shape index (κ1) is 21.5. The molecule has 0 fully saturated rings. The standard InChI is InChI=1S/C23H23N3O3S/c27-22(19(15-30)12-16-4-2-1-3-5-16)26-20(23(28)29)13-17-6-8-18(9-7-17)21-14-24-10-11-25-21/h1-11,14,19-20,30H,12-13,15H2,(H,26,27)(H,28,29)/t19-,20+/m1/s1. The lowest BCUT2D eigenvalue weighted by Crippen LogP contribution is -2.45. The average molecular weight is 422 g/mol. The molecule has 0 spiro atoms. The van der Waals surface area contributed by atoms with Gasteiger partial charge in [0.2, 0.25) is 5.91 Å². The van der Waals surface area contributed by atoms with Crippen LogP contribution in [0.25, 0.3) is 11.3 Å². The average Bonchev–Trinajstić information content (AvgIpc) is 2.78. The SMILES string of the molecule is O=C(N[C@@H](Cc1ccc(-c2cnccn2)cc1)C(=O)O)[C@@H](CS)Cc1ccccc1. The molecule has 2 N–H and O–H groups in total. The van der Waals surface area contributed by atoms with E-state index >= 15 is 0 Å². The summed E-state index contributed by atoms with van der Waals surface area (Å²) in [7, 11) is 0. The van der Waals surface area contributed by atoms with Gasteiger partial charge in [-0.1, -0.05) is 54.6 Å². The van der Waals surface area contributed by atoms with Crippen LogP contribution in [0.4, 0.5) is 0 Å². The van der Waals surface area contributed by atoms with E-state index in [1.165, 1.54) is 0 Å². The Morgan fingerprint density at radius 1 is 0.967 bits per heavy atom. The number of amides is 1. The van der Waals surface area contributed by atoms with Gasteiger partial charge in [-0.2, -0.15) is 12.6 Å². The second-order valence-electron chi connectivity index (χ2n) is 6.96. The molecule has 3 rings (SSSR count). The van der Waals surface area contributed by atoms with E-state index in [-0.39, 0.29) is 12.3 Å². The van der Waals surface area contributed by atoms with E-state index in [0.717, 1.165) is 22.4 Å². The fraction of sp³-hybridized carbons (Fsp3) is 0.217. The molecule has 0 saturated heterocycles. The molecular weight excluding hydrogens is 398 g/mol. The number of nitrogens with one attached hydrogen (secondary N) is 1. The predicted octanol–water partition coefficient (Wildman–Crippen LogP) is 3.04. The molecular formula is C23H23N3O3S. The summed E-state index contributed by atoms with van der Waals surface area (Å²) < 4.78 is 0. The third kappa shape index (κ3) is 5.90. The van der Waals surface area contributed by atoms with Gasteiger partial charge in [0.15, 0.2) is 0 Å². The Kier molecular flexibility index (Phi) is 7.57. The molecule has 0 aliphatic carbocycles. The number of thiol groups is 1. The van der Waals surface area contributed by atoms with Crippen molar-refractivity contribution in [2.24, 2.45) is 5.92 Å². The third-order valence-corrected chi connectivity index (χ3v) is 5.22. The maximum atomic E-state index is 12.7. The first-order chi connectivity index (χ1) is 14.6. The van der Waals surface area contributed by atoms with Crippen LogP contribution in [0.2, 0.25) is 0 Å². The summed E-state index contributed by atoms with van der Waals surface area (Å²) in [6.07, 6.45) is 5.59. The lowest BCUT2D eigenvalue weighted by Gasteiger charge is -2.19. The number of carbonyl (C=O) groups excluding carboxylic acids is 1. The Morgan fingerprint density at radius 2 is 1.67 bits per heavy atom. The normalized spacial score (nSPS) is 12.7. The van der Waals surface area contributed by atoms with Crippen LogP contribution in [-0.4, -0.2) is 38.7 Å². The molecule has 7 heteroatoms. The molecule has 30 heavy (non-hydrogen) atoms. The van der Waals surface area contributed by atoms with Crippen LogP contribution in [0.1, 0.15) is 11.1 Å². The zero-order chi connectivity index (χ0) is 21.3. The van der Waals surface area contributed by atoms with E-state index in [1.807, 2.05) is 54.6 Å². The quantitative estimate of drug-likeness (QED) is 0.462. The van der Waals surface area contributed by atoms with Gasteiger partial charge in [0.25, 0.3) is 0 Å². The Morgan fingerprint density at radius 3 is 2.27 bits per heavy atom. The Hall–Kier alpha value is -3.19. The van der Waals surface area contributed by atoms with Crippen molar-refractivity contribution < 1.29 is 14.7 Å². The van der Waals surface area contributed by atoms with Gasteiger partial charge in [-0.25, -0.2) is 4.79 Å². The minimum Gasteiger partial charge on any atom is -0.480 e. The number of aliphatic carboxylic acids is 1. The maximum Gasteiger partial charge on any atom is 0.326 e. The highest BCUT2D eigenvalue weighted by Gasteiger charge is 2.25. The van der Waals surface area contributed by atoms with Gasteiger partial charge in [-0.15, -0.1) is 0 Å². The van der Waals surface area contributed by atoms with Gasteiger partial charge in [0, 0.05) is 30.1 Å². The minimum absolute atomic E-state index is 0.187. The largest absolute Gasteiger partial charge is 0.480 e. The van der Waals surface area contributed by atoms with Crippen molar-refractivity contribution >= 4 is 24.5 Å². The molecule has 2 aromatic carbocycles. The number of hydrogen-bond donors (Lipinski definition) is 3. The van der Waals surface area contributed by atoms with Crippen molar-refractivity contribution in [2.45, 2.75) is 18.9 Å². The van der Waals surface area contributed by atoms with Crippen molar-refractivity contribution in [3.8, 4) is 11.3 Å². The van der Waals surface area contributed by atoms with Crippen LogP contribution in [-0.2, 0) is 22.4 Å². The fourth-order valence-corrected chi connectivity index (χ4v) is 3.42. The summed E-state index contributed by atoms with van der Waals surface area (Å²) in [4.78, 5) is 32.7. The lowest BCUT2D eigenvalue weighted by molar-refractivity contribution is -0.142. The van der Waals surface area contributed by atoms with Crippen LogP contribution in [0.5, 0.6) is 0 Å². The molecule has 0 unspecified atom stereocenters. The number of carboxylic acid groups (broad SMARTS) is 1. The second-order valence-corrected chi connectivity index (χ2v) is 7.33. The van der Waals surface area contributed by atoms with E-state index < -0.39 is 17.9 Å². The number of benzene rings is 2. The Bertz CT molecular complexity index is 966. The van der Waals surface area contributed by atoms with Crippen LogP contribution in [0.15, 0.2) is 73.2 Å². The van der Waals surface area contributed by atoms with Crippen LogP contribution in [0.3, 0.4) is 0 Å². The van der Waals surface area contributed by atoms with E-state index in [9.17, 15) is 14.7 Å². The molecule has 2 atom stereocenters. The molecule has 1 amide bonds. The summed E-state index contributed by atoms with van der Waals surface area (Å²) in [6.45, 7) is 0. The molecule has 0 radical (unpaired) electrons. The van der Waals surface area contributed by atoms with Crippen molar-refractivity contribution in [1.29, 1.82) is 0 Å². The molecule has 1 heterocycles. The molecule has 0 saturated carbocycles. The molecule has 1 aromatic heterocycles.